The molecular weight excluding hydrogens is 385 g/mol. The second kappa shape index (κ2) is 6.84. The van der Waals surface area contributed by atoms with Crippen molar-refractivity contribution in [3.8, 4) is 17.3 Å². The molecule has 1 aliphatic rings. The van der Waals surface area contributed by atoms with E-state index in [1.165, 1.54) is 23.1 Å². The van der Waals surface area contributed by atoms with Crippen LogP contribution in [0.3, 0.4) is 0 Å². The summed E-state index contributed by atoms with van der Waals surface area (Å²) in [7, 11) is 0. The van der Waals surface area contributed by atoms with Crippen molar-refractivity contribution in [2.24, 2.45) is 5.92 Å². The fraction of sp³-hybridized carbons (Fsp3) is 0.316. The van der Waals surface area contributed by atoms with Crippen molar-refractivity contribution in [2.75, 3.05) is 0 Å². The lowest BCUT2D eigenvalue weighted by Gasteiger charge is -2.20. The number of alkyl halides is 3. The fourth-order valence-electron chi connectivity index (χ4n) is 3.18. The number of hydrogen-bond acceptors (Lipinski definition) is 5. The SMILES string of the molecule is Cc1cc(-c2cncc(C#N)c2)nc2c(C(=O)N[C@H](C3CC3)C(F)(F)F)cnn12. The van der Waals surface area contributed by atoms with Gasteiger partial charge in [-0.2, -0.15) is 23.5 Å². The van der Waals surface area contributed by atoms with E-state index in [4.69, 9.17) is 5.26 Å². The normalized spacial score (nSPS) is 15.1. The molecule has 1 saturated carbocycles. The highest BCUT2D eigenvalue weighted by molar-refractivity contribution is 6.00. The number of amides is 1. The minimum absolute atomic E-state index is 0.0470. The maximum atomic E-state index is 13.3. The van der Waals surface area contributed by atoms with Crippen LogP contribution in [0.15, 0.2) is 30.7 Å². The van der Waals surface area contributed by atoms with E-state index in [-0.39, 0.29) is 11.2 Å². The van der Waals surface area contributed by atoms with Crippen molar-refractivity contribution in [3.05, 3.63) is 47.5 Å². The Labute approximate surface area is 163 Å². The molecule has 3 heterocycles. The Morgan fingerprint density at radius 2 is 2.07 bits per heavy atom. The lowest BCUT2D eigenvalue weighted by Crippen LogP contribution is -2.46. The molecule has 1 N–H and O–H groups in total. The van der Waals surface area contributed by atoms with Gasteiger partial charge in [0.15, 0.2) is 5.65 Å². The first-order valence-corrected chi connectivity index (χ1v) is 8.86. The number of rotatable bonds is 4. The van der Waals surface area contributed by atoms with Crippen molar-refractivity contribution < 1.29 is 18.0 Å². The Morgan fingerprint density at radius 1 is 1.31 bits per heavy atom. The Kier molecular flexibility index (Phi) is 4.45. The van der Waals surface area contributed by atoms with E-state index in [0.29, 0.717) is 35.4 Å². The molecule has 1 atom stereocenters. The van der Waals surface area contributed by atoms with Gasteiger partial charge in [0.2, 0.25) is 0 Å². The average molecular weight is 400 g/mol. The molecule has 0 aliphatic heterocycles. The van der Waals surface area contributed by atoms with Gasteiger partial charge in [0.05, 0.1) is 17.5 Å². The number of aromatic nitrogens is 4. The molecule has 1 amide bonds. The van der Waals surface area contributed by atoms with E-state index in [2.05, 4.69) is 20.4 Å². The molecule has 0 radical (unpaired) electrons. The third-order valence-corrected chi connectivity index (χ3v) is 4.79. The summed E-state index contributed by atoms with van der Waals surface area (Å²) in [4.78, 5) is 21.0. The zero-order chi connectivity index (χ0) is 20.8. The number of fused-ring (bicyclic) bond motifs is 1. The molecule has 148 valence electrons. The highest BCUT2D eigenvalue weighted by Gasteiger charge is 2.49. The standard InChI is InChI=1S/C19H15F3N6O/c1-10-4-15(13-5-11(6-23)7-24-8-13)26-17-14(9-25-28(10)17)18(29)27-16(12-2-3-12)19(20,21)22/h4-5,7-9,12,16H,2-3H2,1H3,(H,27,29)/t16-/m1/s1. The number of carbonyl (C=O) groups is 1. The van der Waals surface area contributed by atoms with Gasteiger partial charge in [-0.15, -0.1) is 0 Å². The molecular formula is C19H15F3N6O. The van der Waals surface area contributed by atoms with E-state index in [1.54, 1.807) is 19.1 Å². The van der Waals surface area contributed by atoms with Crippen molar-refractivity contribution in [1.82, 2.24) is 24.9 Å². The number of halogens is 3. The van der Waals surface area contributed by atoms with Crippen LogP contribution >= 0.6 is 0 Å². The van der Waals surface area contributed by atoms with E-state index in [9.17, 15) is 18.0 Å². The van der Waals surface area contributed by atoms with Gasteiger partial charge in [-0.1, -0.05) is 0 Å². The van der Waals surface area contributed by atoms with Crippen molar-refractivity contribution in [2.45, 2.75) is 32.0 Å². The van der Waals surface area contributed by atoms with Gasteiger partial charge < -0.3 is 5.32 Å². The molecule has 3 aromatic heterocycles. The Hall–Kier alpha value is -3.48. The summed E-state index contributed by atoms with van der Waals surface area (Å²) in [5.41, 5.74) is 2.04. The van der Waals surface area contributed by atoms with Gasteiger partial charge >= 0.3 is 6.18 Å². The molecule has 0 spiro atoms. The zero-order valence-electron chi connectivity index (χ0n) is 15.2. The van der Waals surface area contributed by atoms with Crippen molar-refractivity contribution in [3.63, 3.8) is 0 Å². The van der Waals surface area contributed by atoms with Crippen LogP contribution in [0.4, 0.5) is 13.2 Å². The molecule has 0 aromatic carbocycles. The van der Waals surface area contributed by atoms with E-state index in [1.807, 2.05) is 6.07 Å². The molecule has 1 fully saturated rings. The Morgan fingerprint density at radius 3 is 2.72 bits per heavy atom. The number of carbonyl (C=O) groups excluding carboxylic acids is 1. The number of pyridine rings is 1. The van der Waals surface area contributed by atoms with Crippen LogP contribution < -0.4 is 5.32 Å². The molecule has 3 aromatic rings. The highest BCUT2D eigenvalue weighted by Crippen LogP contribution is 2.40. The predicted octanol–water partition coefficient (Wildman–Crippen LogP) is 3.04. The molecule has 29 heavy (non-hydrogen) atoms. The van der Waals surface area contributed by atoms with Gasteiger partial charge in [-0.3, -0.25) is 9.78 Å². The number of nitrogens with zero attached hydrogens (tertiary/aromatic N) is 5. The van der Waals surface area contributed by atoms with Crippen LogP contribution in [0.1, 0.15) is 34.5 Å². The Balaban J connectivity index is 1.73. The minimum Gasteiger partial charge on any atom is -0.340 e. The first-order chi connectivity index (χ1) is 13.8. The second-order valence-electron chi connectivity index (χ2n) is 6.98. The first-order valence-electron chi connectivity index (χ1n) is 8.86. The lowest BCUT2D eigenvalue weighted by molar-refractivity contribution is -0.158. The molecule has 4 rings (SSSR count). The van der Waals surface area contributed by atoms with Gasteiger partial charge in [0, 0.05) is 23.7 Å². The van der Waals surface area contributed by atoms with Crippen molar-refractivity contribution >= 4 is 11.6 Å². The number of nitriles is 1. The summed E-state index contributed by atoms with van der Waals surface area (Å²) in [6.07, 6.45) is 0.478. The zero-order valence-corrected chi connectivity index (χ0v) is 15.2. The monoisotopic (exact) mass is 400 g/mol. The largest absolute Gasteiger partial charge is 0.408 e. The summed E-state index contributed by atoms with van der Waals surface area (Å²) < 4.78 is 41.2. The lowest BCUT2D eigenvalue weighted by atomic mass is 10.1. The first kappa shape index (κ1) is 18.9. The smallest absolute Gasteiger partial charge is 0.340 e. The molecule has 0 unspecified atom stereocenters. The third-order valence-electron chi connectivity index (χ3n) is 4.79. The number of hydrogen-bond donors (Lipinski definition) is 1. The molecule has 1 aliphatic carbocycles. The molecule has 7 nitrogen and oxygen atoms in total. The van der Waals surface area contributed by atoms with Gasteiger partial charge in [0.25, 0.3) is 5.91 Å². The van der Waals surface area contributed by atoms with Gasteiger partial charge in [-0.05, 0) is 37.8 Å². The highest BCUT2D eigenvalue weighted by atomic mass is 19.4. The Bertz CT molecular complexity index is 1140. The molecule has 0 bridgehead atoms. The second-order valence-corrected chi connectivity index (χ2v) is 6.98. The van der Waals surface area contributed by atoms with E-state index in [0.717, 1.165) is 0 Å². The van der Waals surface area contributed by atoms with Crippen LogP contribution in [0.5, 0.6) is 0 Å². The summed E-state index contributed by atoms with van der Waals surface area (Å²) in [5, 5.41) is 15.2. The summed E-state index contributed by atoms with van der Waals surface area (Å²) in [6.45, 7) is 1.73. The predicted molar refractivity (Wildman–Crippen MR) is 95.7 cm³/mol. The van der Waals surface area contributed by atoms with Crippen LogP contribution in [0, 0.1) is 24.2 Å². The number of aryl methyl sites for hydroxylation is 1. The number of nitrogens with one attached hydrogen (secondary N) is 1. The maximum absolute atomic E-state index is 13.3. The third kappa shape index (κ3) is 3.63. The average Bonchev–Trinajstić information content (AvgIpc) is 3.42. The van der Waals surface area contributed by atoms with Crippen LogP contribution in [0.25, 0.3) is 16.9 Å². The topological polar surface area (TPSA) is 96.0 Å². The summed E-state index contributed by atoms with van der Waals surface area (Å²) in [6, 6.07) is 3.39. The summed E-state index contributed by atoms with van der Waals surface area (Å²) in [5.74, 6) is -1.46. The summed E-state index contributed by atoms with van der Waals surface area (Å²) >= 11 is 0. The molecule has 10 heteroatoms. The van der Waals surface area contributed by atoms with Crippen LogP contribution in [0.2, 0.25) is 0 Å². The maximum Gasteiger partial charge on any atom is 0.408 e. The van der Waals surface area contributed by atoms with Crippen molar-refractivity contribution in [1.29, 1.82) is 5.26 Å². The molecule has 0 saturated heterocycles. The van der Waals surface area contributed by atoms with E-state index >= 15 is 0 Å². The van der Waals surface area contributed by atoms with E-state index < -0.39 is 24.0 Å². The van der Waals surface area contributed by atoms with Crippen LogP contribution in [-0.2, 0) is 0 Å². The van der Waals surface area contributed by atoms with Gasteiger partial charge in [-0.25, -0.2) is 9.50 Å². The fourth-order valence-corrected chi connectivity index (χ4v) is 3.18. The van der Waals surface area contributed by atoms with Gasteiger partial charge in [0.1, 0.15) is 17.7 Å². The van der Waals surface area contributed by atoms with Crippen LogP contribution in [-0.4, -0.2) is 37.7 Å². The minimum atomic E-state index is -4.52. The quantitative estimate of drug-likeness (QED) is 0.726.